The summed E-state index contributed by atoms with van der Waals surface area (Å²) in [6.07, 6.45) is 13.2. The third-order valence-corrected chi connectivity index (χ3v) is 12.4. The van der Waals surface area contributed by atoms with Crippen molar-refractivity contribution in [3.05, 3.63) is 23.0 Å². The van der Waals surface area contributed by atoms with Crippen molar-refractivity contribution in [1.82, 2.24) is 0 Å². The molecule has 3 nitrogen and oxygen atoms in total. The zero-order chi connectivity index (χ0) is 22.7. The van der Waals surface area contributed by atoms with E-state index in [4.69, 9.17) is 10.00 Å². The first-order valence-corrected chi connectivity index (χ1v) is 15.1. The Morgan fingerprint density at radius 1 is 1.28 bits per heavy atom. The van der Waals surface area contributed by atoms with E-state index in [1.54, 1.807) is 11.1 Å². The maximum atomic E-state index is 10.3. The predicted octanol–water partition coefficient (Wildman–Crippen LogP) is 6.23. The van der Waals surface area contributed by atoms with Gasteiger partial charge in [-0.1, -0.05) is 12.5 Å². The van der Waals surface area contributed by atoms with Gasteiger partial charge in [-0.25, -0.2) is 0 Å². The Morgan fingerprint density at radius 3 is 2.88 bits per heavy atom. The maximum absolute atomic E-state index is 10.3. The van der Waals surface area contributed by atoms with Crippen LogP contribution in [0.2, 0.25) is 5.32 Å². The van der Waals surface area contributed by atoms with Crippen LogP contribution in [0, 0.1) is 50.6 Å². The first-order chi connectivity index (χ1) is 15.3. The van der Waals surface area contributed by atoms with E-state index in [0.717, 1.165) is 48.8 Å². The molecule has 0 radical (unpaired) electrons. The molecule has 1 heterocycles. The summed E-state index contributed by atoms with van der Waals surface area (Å²) in [7, 11) is 0. The minimum atomic E-state index is -0.117. The molecule has 0 unspecified atom stereocenters. The summed E-state index contributed by atoms with van der Waals surface area (Å²) in [5, 5.41) is 20.2. The summed E-state index contributed by atoms with van der Waals surface area (Å²) >= 11 is 0.136. The number of rotatable bonds is 5. The van der Waals surface area contributed by atoms with E-state index >= 15 is 0 Å². The van der Waals surface area contributed by atoms with Gasteiger partial charge in [0.1, 0.15) is 0 Å². The van der Waals surface area contributed by atoms with Gasteiger partial charge in [0.15, 0.2) is 0 Å². The number of aliphatic hydroxyl groups excluding tert-OH is 1. The Hall–Kier alpha value is -0.751. The second kappa shape index (κ2) is 8.48. The van der Waals surface area contributed by atoms with Crippen molar-refractivity contribution in [2.45, 2.75) is 103 Å². The summed E-state index contributed by atoms with van der Waals surface area (Å²) in [6.45, 7) is 9.78. The normalized spacial score (nSPS) is 45.7. The summed E-state index contributed by atoms with van der Waals surface area (Å²) in [6, 6.07) is 0. The second-order valence-corrected chi connectivity index (χ2v) is 13.9. The first kappa shape index (κ1) is 23.0. The molecule has 176 valence electrons. The fraction of sp³-hybridized carbons (Fsp3) is 0.821. The number of hydrogen-bond donors (Lipinski definition) is 1. The van der Waals surface area contributed by atoms with Gasteiger partial charge in [-0.2, -0.15) is 0 Å². The van der Waals surface area contributed by atoms with Gasteiger partial charge in [0.2, 0.25) is 0 Å². The third-order valence-electron chi connectivity index (χ3n) is 10.6. The van der Waals surface area contributed by atoms with Gasteiger partial charge in [0.25, 0.3) is 0 Å². The molecule has 32 heavy (non-hydrogen) atoms. The van der Waals surface area contributed by atoms with Crippen molar-refractivity contribution in [3.8, 4) is 4.97 Å². The molecule has 3 fully saturated rings. The minimum absolute atomic E-state index is 0.117. The number of allylic oxidation sites excluding steroid dienone is 2. The Morgan fingerprint density at radius 2 is 2.09 bits per heavy atom. The molecule has 0 aromatic heterocycles. The molecule has 3 saturated carbocycles. The van der Waals surface area contributed by atoms with Gasteiger partial charge in [0, 0.05) is 0 Å². The van der Waals surface area contributed by atoms with Gasteiger partial charge in [0.05, 0.1) is 6.10 Å². The van der Waals surface area contributed by atoms with Crippen LogP contribution in [0.4, 0.5) is 0 Å². The molecule has 0 bridgehead atoms. The SMILES string of the molecule is CC1=C(CC[C@@H](C)C[Se]C#N)O[C@H]2C[C@H]3[C@@H]4CC=C5C[C@@H](O)CC[C@]5(C)[C@H]4CC[C@]3(C)[C@@H]12. The van der Waals surface area contributed by atoms with Gasteiger partial charge in [-0.15, -0.1) is 0 Å². The Labute approximate surface area is 201 Å². The standard InChI is InChI=1S/C28H41NO2Se/c1-17(15-32-16-29)5-8-24-18(2)26-25(31-24)14-23-21-7-6-19-13-20(30)9-11-27(19,3)22(21)10-12-28(23,26)4/h6,17,20-23,25-26,30H,5,7-15H2,1-4H3/t17-,20+,21-,22+,23+,25+,26+,27+,28+/m1/s1. The van der Waals surface area contributed by atoms with E-state index in [9.17, 15) is 5.11 Å². The average molecular weight is 503 g/mol. The van der Waals surface area contributed by atoms with Crippen molar-refractivity contribution in [2.75, 3.05) is 0 Å². The van der Waals surface area contributed by atoms with E-state index in [1.807, 2.05) is 0 Å². The van der Waals surface area contributed by atoms with Crippen LogP contribution in [-0.4, -0.2) is 32.3 Å². The molecular weight excluding hydrogens is 461 g/mol. The van der Waals surface area contributed by atoms with E-state index in [2.05, 4.69) is 38.7 Å². The summed E-state index contributed by atoms with van der Waals surface area (Å²) in [4.78, 5) is 2.35. The molecule has 1 aliphatic heterocycles. The number of ether oxygens (including phenoxy) is 1. The van der Waals surface area contributed by atoms with Gasteiger partial charge in [-0.05, 0) is 19.3 Å². The Balaban J connectivity index is 1.33. The van der Waals surface area contributed by atoms with Crippen LogP contribution >= 0.6 is 0 Å². The molecule has 5 rings (SSSR count). The average Bonchev–Trinajstić information content (AvgIpc) is 3.24. The monoisotopic (exact) mass is 503 g/mol. The van der Waals surface area contributed by atoms with E-state index < -0.39 is 0 Å². The molecule has 0 saturated heterocycles. The van der Waals surface area contributed by atoms with Crippen LogP contribution in [0.15, 0.2) is 23.0 Å². The molecule has 0 amide bonds. The molecular formula is C28H41NO2Se. The fourth-order valence-corrected chi connectivity index (χ4v) is 9.97. The summed E-state index contributed by atoms with van der Waals surface area (Å²) < 4.78 is 6.71. The molecule has 0 aromatic rings. The van der Waals surface area contributed by atoms with Crippen molar-refractivity contribution in [1.29, 1.82) is 5.26 Å². The van der Waals surface area contributed by atoms with Crippen molar-refractivity contribution < 1.29 is 9.84 Å². The topological polar surface area (TPSA) is 53.2 Å². The second-order valence-electron chi connectivity index (χ2n) is 12.2. The van der Waals surface area contributed by atoms with Crippen molar-refractivity contribution in [2.24, 2.45) is 40.4 Å². The summed E-state index contributed by atoms with van der Waals surface area (Å²) in [5.74, 6) is 4.86. The molecule has 9 atom stereocenters. The Kier molecular flexibility index (Phi) is 6.10. The zero-order valence-electron chi connectivity index (χ0n) is 20.4. The number of hydrogen-bond acceptors (Lipinski definition) is 3. The third kappa shape index (κ3) is 3.54. The van der Waals surface area contributed by atoms with E-state index in [0.29, 0.717) is 28.8 Å². The molecule has 0 aromatic carbocycles. The van der Waals surface area contributed by atoms with Crippen LogP contribution in [-0.2, 0) is 4.74 Å². The van der Waals surface area contributed by atoms with Crippen molar-refractivity contribution in [3.63, 3.8) is 0 Å². The fourth-order valence-electron chi connectivity index (χ4n) is 8.87. The number of aliphatic hydroxyl groups is 1. The van der Waals surface area contributed by atoms with Crippen LogP contribution in [0.25, 0.3) is 0 Å². The molecule has 1 N–H and O–H groups in total. The number of fused-ring (bicyclic) bond motifs is 7. The van der Waals surface area contributed by atoms with E-state index in [-0.39, 0.29) is 21.1 Å². The van der Waals surface area contributed by atoms with Gasteiger partial charge < -0.3 is 5.11 Å². The van der Waals surface area contributed by atoms with Crippen LogP contribution in [0.5, 0.6) is 0 Å². The molecule has 0 spiro atoms. The number of nitrogens with zero attached hydrogens (tertiary/aromatic N) is 1. The van der Waals surface area contributed by atoms with Crippen LogP contribution in [0.1, 0.15) is 85.5 Å². The van der Waals surface area contributed by atoms with Crippen molar-refractivity contribution >= 4 is 15.0 Å². The molecule has 5 aliphatic rings. The Bertz CT molecular complexity index is 858. The van der Waals surface area contributed by atoms with Crippen LogP contribution < -0.4 is 0 Å². The van der Waals surface area contributed by atoms with Crippen LogP contribution in [0.3, 0.4) is 0 Å². The number of nitriles is 1. The van der Waals surface area contributed by atoms with Gasteiger partial charge >= 0.3 is 158 Å². The quantitative estimate of drug-likeness (QED) is 0.358. The first-order valence-electron chi connectivity index (χ1n) is 13.0. The molecule has 4 heteroatoms. The molecule has 4 aliphatic carbocycles. The van der Waals surface area contributed by atoms with E-state index in [1.165, 1.54) is 37.9 Å². The van der Waals surface area contributed by atoms with Gasteiger partial charge in [-0.3, -0.25) is 0 Å². The summed E-state index contributed by atoms with van der Waals surface area (Å²) in [5.41, 5.74) is 3.82. The zero-order valence-corrected chi connectivity index (χ0v) is 22.1. The predicted molar refractivity (Wildman–Crippen MR) is 129 cm³/mol.